The molecule has 4 rings (SSSR count). The van der Waals surface area contributed by atoms with Crippen molar-refractivity contribution < 1.29 is 13.9 Å². The average Bonchev–Trinajstić information content (AvgIpc) is 3.22. The number of amides is 1. The van der Waals surface area contributed by atoms with Gasteiger partial charge in [-0.3, -0.25) is 9.69 Å². The fourth-order valence-corrected chi connectivity index (χ4v) is 3.90. The van der Waals surface area contributed by atoms with E-state index in [2.05, 4.69) is 28.2 Å². The summed E-state index contributed by atoms with van der Waals surface area (Å²) in [5.41, 5.74) is 2.83. The van der Waals surface area contributed by atoms with Crippen molar-refractivity contribution in [2.75, 3.05) is 40.3 Å². The Hall–Kier alpha value is -2.83. The summed E-state index contributed by atoms with van der Waals surface area (Å²) >= 11 is 0. The van der Waals surface area contributed by atoms with Crippen molar-refractivity contribution in [1.29, 1.82) is 0 Å². The molecule has 6 nitrogen and oxygen atoms in total. The summed E-state index contributed by atoms with van der Waals surface area (Å²) in [4.78, 5) is 17.7. The number of carbonyl (C=O) groups is 1. The van der Waals surface area contributed by atoms with Gasteiger partial charge in [0.15, 0.2) is 17.1 Å². The molecule has 1 aliphatic heterocycles. The van der Waals surface area contributed by atoms with Crippen molar-refractivity contribution in [2.45, 2.75) is 19.5 Å². The molecule has 1 amide bonds. The molecule has 6 heteroatoms. The van der Waals surface area contributed by atoms with Crippen LogP contribution in [0, 0.1) is 0 Å². The maximum atomic E-state index is 12.9. The van der Waals surface area contributed by atoms with Crippen LogP contribution in [-0.4, -0.2) is 56.0 Å². The van der Waals surface area contributed by atoms with Crippen molar-refractivity contribution in [1.82, 2.24) is 15.1 Å². The van der Waals surface area contributed by atoms with Crippen LogP contribution >= 0.6 is 0 Å². The van der Waals surface area contributed by atoms with Crippen molar-refractivity contribution in [3.05, 3.63) is 65.4 Å². The molecular weight excluding hydrogens is 378 g/mol. The van der Waals surface area contributed by atoms with Crippen LogP contribution in [0.25, 0.3) is 11.0 Å². The molecule has 158 valence electrons. The quantitative estimate of drug-likeness (QED) is 0.676. The van der Waals surface area contributed by atoms with Crippen LogP contribution in [0.1, 0.15) is 34.6 Å². The van der Waals surface area contributed by atoms with Gasteiger partial charge in [0.25, 0.3) is 5.91 Å². The van der Waals surface area contributed by atoms with Crippen LogP contribution in [0.2, 0.25) is 0 Å². The Kier molecular flexibility index (Phi) is 6.06. The van der Waals surface area contributed by atoms with E-state index >= 15 is 0 Å². The van der Waals surface area contributed by atoms with Gasteiger partial charge in [-0.05, 0) is 37.2 Å². The third-order valence-electron chi connectivity index (χ3n) is 5.82. The highest BCUT2D eigenvalue weighted by Gasteiger charge is 2.21. The summed E-state index contributed by atoms with van der Waals surface area (Å²) in [5, 5.41) is 3.96. The highest BCUT2D eigenvalue weighted by molar-refractivity contribution is 5.98. The Balaban J connectivity index is 1.58. The van der Waals surface area contributed by atoms with Crippen molar-refractivity contribution in [3.63, 3.8) is 0 Å². The second-order valence-corrected chi connectivity index (χ2v) is 7.97. The van der Waals surface area contributed by atoms with Crippen molar-refractivity contribution in [2.24, 2.45) is 0 Å². The minimum Gasteiger partial charge on any atom is -0.493 e. The number of nitrogens with one attached hydrogen (secondary N) is 1. The maximum Gasteiger partial charge on any atom is 0.287 e. The van der Waals surface area contributed by atoms with E-state index in [-0.39, 0.29) is 11.9 Å². The summed E-state index contributed by atoms with van der Waals surface area (Å²) in [6.07, 6.45) is 0. The molecule has 0 radical (unpaired) electrons. The highest BCUT2D eigenvalue weighted by atomic mass is 16.5. The van der Waals surface area contributed by atoms with E-state index in [4.69, 9.17) is 9.15 Å². The van der Waals surface area contributed by atoms with Gasteiger partial charge in [-0.15, -0.1) is 0 Å². The molecule has 1 atom stereocenters. The monoisotopic (exact) mass is 407 g/mol. The first-order valence-electron chi connectivity index (χ1n) is 10.4. The molecule has 0 spiro atoms. The normalized spacial score (nSPS) is 16.5. The Morgan fingerprint density at radius 2 is 1.87 bits per heavy atom. The number of benzene rings is 2. The van der Waals surface area contributed by atoms with Gasteiger partial charge in [0.2, 0.25) is 0 Å². The van der Waals surface area contributed by atoms with Crippen LogP contribution in [0.15, 0.2) is 52.9 Å². The molecule has 1 aromatic heterocycles. The fourth-order valence-electron chi connectivity index (χ4n) is 3.90. The number of fused-ring (bicyclic) bond motifs is 1. The molecule has 1 saturated heterocycles. The van der Waals surface area contributed by atoms with E-state index in [9.17, 15) is 4.79 Å². The third-order valence-corrected chi connectivity index (χ3v) is 5.82. The molecule has 2 heterocycles. The molecule has 30 heavy (non-hydrogen) atoms. The van der Waals surface area contributed by atoms with Crippen LogP contribution in [0.4, 0.5) is 0 Å². The molecule has 0 bridgehead atoms. The Labute approximate surface area is 177 Å². The summed E-state index contributed by atoms with van der Waals surface area (Å²) in [6, 6.07) is 15.6. The SMILES string of the molecule is COc1ccc(CN2CCN(C)CC2)c2cc(C(=O)N[C@@H](C)c3ccccc3)oc12. The van der Waals surface area contributed by atoms with E-state index in [0.29, 0.717) is 17.1 Å². The third kappa shape index (κ3) is 4.35. The zero-order valence-corrected chi connectivity index (χ0v) is 17.9. The van der Waals surface area contributed by atoms with Gasteiger partial charge in [0.05, 0.1) is 13.2 Å². The number of nitrogens with zero attached hydrogens (tertiary/aromatic N) is 2. The Bertz CT molecular complexity index is 1010. The number of furan rings is 1. The summed E-state index contributed by atoms with van der Waals surface area (Å²) in [6.45, 7) is 6.99. The lowest BCUT2D eigenvalue weighted by atomic mass is 10.1. The van der Waals surface area contributed by atoms with E-state index in [1.807, 2.05) is 49.4 Å². The molecule has 1 N–H and O–H groups in total. The zero-order chi connectivity index (χ0) is 21.1. The first kappa shape index (κ1) is 20.4. The van der Waals surface area contributed by atoms with Gasteiger partial charge >= 0.3 is 0 Å². The summed E-state index contributed by atoms with van der Waals surface area (Å²) in [7, 11) is 3.77. The number of carbonyl (C=O) groups excluding carboxylic acids is 1. The van der Waals surface area contributed by atoms with E-state index in [0.717, 1.165) is 49.2 Å². The molecule has 0 saturated carbocycles. The number of likely N-dealkylation sites (N-methyl/N-ethyl adjacent to an activating group) is 1. The van der Waals surface area contributed by atoms with Gasteiger partial charge in [-0.1, -0.05) is 36.4 Å². The first-order valence-corrected chi connectivity index (χ1v) is 10.4. The molecule has 0 unspecified atom stereocenters. The predicted molar refractivity (Wildman–Crippen MR) is 118 cm³/mol. The standard InChI is InChI=1S/C24H29N3O3/c1-17(18-7-5-4-6-8-18)25-24(28)22-15-20-19(9-10-21(29-3)23(20)30-22)16-27-13-11-26(2)12-14-27/h4-10,15,17H,11-14,16H2,1-3H3,(H,25,28)/t17-/m0/s1. The maximum absolute atomic E-state index is 12.9. The van der Waals surface area contributed by atoms with Gasteiger partial charge in [-0.2, -0.15) is 0 Å². The van der Waals surface area contributed by atoms with Crippen LogP contribution in [0.3, 0.4) is 0 Å². The minimum absolute atomic E-state index is 0.112. The van der Waals surface area contributed by atoms with Crippen molar-refractivity contribution >= 4 is 16.9 Å². The lowest BCUT2D eigenvalue weighted by Gasteiger charge is -2.32. The Morgan fingerprint density at radius 3 is 2.57 bits per heavy atom. The number of hydrogen-bond donors (Lipinski definition) is 1. The predicted octanol–water partition coefficient (Wildman–Crippen LogP) is 3.68. The summed E-state index contributed by atoms with van der Waals surface area (Å²) < 4.78 is 11.5. The first-order chi connectivity index (χ1) is 14.5. The average molecular weight is 408 g/mol. The number of methoxy groups -OCH3 is 1. The second-order valence-electron chi connectivity index (χ2n) is 7.97. The molecule has 0 aliphatic carbocycles. The lowest BCUT2D eigenvalue weighted by molar-refractivity contribution is 0.0914. The fraction of sp³-hybridized carbons (Fsp3) is 0.375. The van der Waals surface area contributed by atoms with Gasteiger partial charge in [-0.25, -0.2) is 0 Å². The smallest absolute Gasteiger partial charge is 0.287 e. The van der Waals surface area contributed by atoms with Crippen LogP contribution in [0.5, 0.6) is 5.75 Å². The van der Waals surface area contributed by atoms with Gasteiger partial charge in [0.1, 0.15) is 0 Å². The van der Waals surface area contributed by atoms with E-state index in [1.165, 1.54) is 0 Å². The number of piperazine rings is 1. The lowest BCUT2D eigenvalue weighted by Crippen LogP contribution is -2.43. The topological polar surface area (TPSA) is 58.0 Å². The highest BCUT2D eigenvalue weighted by Crippen LogP contribution is 2.32. The minimum atomic E-state index is -0.227. The molecule has 1 fully saturated rings. The number of hydrogen-bond acceptors (Lipinski definition) is 5. The largest absolute Gasteiger partial charge is 0.493 e. The van der Waals surface area contributed by atoms with Crippen molar-refractivity contribution in [3.8, 4) is 5.75 Å². The Morgan fingerprint density at radius 1 is 1.13 bits per heavy atom. The van der Waals surface area contributed by atoms with E-state index in [1.54, 1.807) is 7.11 Å². The van der Waals surface area contributed by atoms with Gasteiger partial charge in [0, 0.05) is 38.1 Å². The van der Waals surface area contributed by atoms with Crippen LogP contribution < -0.4 is 10.1 Å². The summed E-state index contributed by atoms with van der Waals surface area (Å²) in [5.74, 6) is 0.717. The molecular formula is C24H29N3O3. The molecule has 2 aromatic carbocycles. The van der Waals surface area contributed by atoms with Crippen LogP contribution in [-0.2, 0) is 6.54 Å². The number of ether oxygens (including phenoxy) is 1. The molecule has 1 aliphatic rings. The van der Waals surface area contributed by atoms with E-state index < -0.39 is 0 Å². The number of rotatable bonds is 6. The zero-order valence-electron chi connectivity index (χ0n) is 17.9. The molecule has 3 aromatic rings. The second kappa shape index (κ2) is 8.90. The van der Waals surface area contributed by atoms with Gasteiger partial charge < -0.3 is 19.4 Å².